The minimum absolute atomic E-state index is 0.102. The highest BCUT2D eigenvalue weighted by atomic mass is 127. The van der Waals surface area contributed by atoms with Gasteiger partial charge in [0.1, 0.15) is 0 Å². The van der Waals surface area contributed by atoms with Gasteiger partial charge in [0.05, 0.1) is 0 Å². The maximum absolute atomic E-state index is 12.2. The summed E-state index contributed by atoms with van der Waals surface area (Å²) < 4.78 is 3.14. The molecule has 1 aromatic heterocycles. The second kappa shape index (κ2) is 6.13. The standard InChI is InChI=1S/C17H13IN2O/c18-14-5-7-15(8-6-14)19-17(21)13-3-9-16(10-4-13)20-11-1-2-12-20/h1-12H,(H,19,21). The van der Waals surface area contributed by atoms with Crippen LogP contribution in [0.15, 0.2) is 73.1 Å². The van der Waals surface area contributed by atoms with E-state index in [1.54, 1.807) is 0 Å². The Kier molecular flexibility index (Phi) is 4.06. The molecular weight excluding hydrogens is 375 g/mol. The lowest BCUT2D eigenvalue weighted by molar-refractivity contribution is 0.102. The van der Waals surface area contributed by atoms with Gasteiger partial charge >= 0.3 is 0 Å². The Morgan fingerprint density at radius 1 is 0.905 bits per heavy atom. The number of hydrogen-bond acceptors (Lipinski definition) is 1. The van der Waals surface area contributed by atoms with Gasteiger partial charge < -0.3 is 9.88 Å². The SMILES string of the molecule is O=C(Nc1ccc(I)cc1)c1ccc(-n2cccc2)cc1. The van der Waals surface area contributed by atoms with Crippen molar-refractivity contribution in [3.63, 3.8) is 0 Å². The number of rotatable bonds is 3. The zero-order valence-electron chi connectivity index (χ0n) is 11.2. The lowest BCUT2D eigenvalue weighted by atomic mass is 10.2. The molecule has 104 valence electrons. The first-order valence-electron chi connectivity index (χ1n) is 6.53. The monoisotopic (exact) mass is 388 g/mol. The van der Waals surface area contributed by atoms with E-state index in [1.807, 2.05) is 77.6 Å². The number of anilines is 1. The summed E-state index contributed by atoms with van der Waals surface area (Å²) in [4.78, 5) is 12.2. The first-order valence-corrected chi connectivity index (χ1v) is 7.60. The van der Waals surface area contributed by atoms with Crippen molar-refractivity contribution >= 4 is 34.2 Å². The zero-order valence-corrected chi connectivity index (χ0v) is 13.3. The highest BCUT2D eigenvalue weighted by Gasteiger charge is 2.06. The summed E-state index contributed by atoms with van der Waals surface area (Å²) in [5.74, 6) is -0.102. The van der Waals surface area contributed by atoms with Crippen LogP contribution >= 0.6 is 22.6 Å². The van der Waals surface area contributed by atoms with Crippen LogP contribution in [0.25, 0.3) is 5.69 Å². The third-order valence-corrected chi connectivity index (χ3v) is 3.85. The van der Waals surface area contributed by atoms with Gasteiger partial charge in [-0.05, 0) is 83.3 Å². The van der Waals surface area contributed by atoms with Gasteiger partial charge in [-0.25, -0.2) is 0 Å². The van der Waals surface area contributed by atoms with E-state index in [4.69, 9.17) is 0 Å². The molecule has 3 nitrogen and oxygen atoms in total. The van der Waals surface area contributed by atoms with Crippen LogP contribution in [0.1, 0.15) is 10.4 Å². The summed E-state index contributed by atoms with van der Waals surface area (Å²) in [6.45, 7) is 0. The Labute approximate surface area is 136 Å². The quantitative estimate of drug-likeness (QED) is 0.666. The first-order chi connectivity index (χ1) is 10.2. The van der Waals surface area contributed by atoms with Gasteiger partial charge in [-0.15, -0.1) is 0 Å². The Hall–Kier alpha value is -2.08. The summed E-state index contributed by atoms with van der Waals surface area (Å²) in [6, 6.07) is 19.2. The van der Waals surface area contributed by atoms with E-state index in [1.165, 1.54) is 0 Å². The molecule has 0 aliphatic carbocycles. The second-order valence-electron chi connectivity index (χ2n) is 4.60. The maximum Gasteiger partial charge on any atom is 0.255 e. The molecule has 0 aliphatic heterocycles. The van der Waals surface area contributed by atoms with E-state index >= 15 is 0 Å². The van der Waals surface area contributed by atoms with Gasteiger partial charge in [-0.2, -0.15) is 0 Å². The fourth-order valence-electron chi connectivity index (χ4n) is 2.03. The predicted molar refractivity (Wildman–Crippen MR) is 92.9 cm³/mol. The van der Waals surface area contributed by atoms with Crippen molar-refractivity contribution < 1.29 is 4.79 Å². The van der Waals surface area contributed by atoms with Crippen molar-refractivity contribution in [1.29, 1.82) is 0 Å². The fraction of sp³-hybridized carbons (Fsp3) is 0. The molecule has 0 bridgehead atoms. The molecule has 0 saturated heterocycles. The lowest BCUT2D eigenvalue weighted by Gasteiger charge is -2.07. The smallest absolute Gasteiger partial charge is 0.255 e. The number of hydrogen-bond donors (Lipinski definition) is 1. The fourth-order valence-corrected chi connectivity index (χ4v) is 2.39. The first kappa shape index (κ1) is 13.9. The van der Waals surface area contributed by atoms with Crippen LogP contribution < -0.4 is 5.32 Å². The molecule has 1 heterocycles. The van der Waals surface area contributed by atoms with Crippen LogP contribution in [0, 0.1) is 3.57 Å². The second-order valence-corrected chi connectivity index (χ2v) is 5.84. The maximum atomic E-state index is 12.2. The molecule has 4 heteroatoms. The molecule has 0 saturated carbocycles. The molecule has 0 fully saturated rings. The lowest BCUT2D eigenvalue weighted by Crippen LogP contribution is -2.11. The zero-order chi connectivity index (χ0) is 14.7. The number of carbonyl (C=O) groups excluding carboxylic acids is 1. The Morgan fingerprint density at radius 2 is 1.52 bits per heavy atom. The van der Waals surface area contributed by atoms with E-state index < -0.39 is 0 Å². The van der Waals surface area contributed by atoms with Gasteiger partial charge in [0.2, 0.25) is 0 Å². The van der Waals surface area contributed by atoms with Gasteiger partial charge in [0.25, 0.3) is 5.91 Å². The molecule has 1 N–H and O–H groups in total. The Bertz CT molecular complexity index is 731. The molecule has 2 aromatic carbocycles. The number of nitrogens with one attached hydrogen (secondary N) is 1. The van der Waals surface area contributed by atoms with Crippen molar-refractivity contribution in [2.75, 3.05) is 5.32 Å². The Balaban J connectivity index is 1.74. The van der Waals surface area contributed by atoms with Gasteiger partial charge in [-0.1, -0.05) is 0 Å². The molecule has 0 atom stereocenters. The van der Waals surface area contributed by atoms with Gasteiger partial charge in [0.15, 0.2) is 0 Å². The summed E-state index contributed by atoms with van der Waals surface area (Å²) in [7, 11) is 0. The third kappa shape index (κ3) is 3.33. The van der Waals surface area contributed by atoms with Gasteiger partial charge in [0, 0.05) is 32.9 Å². The minimum Gasteiger partial charge on any atom is -0.324 e. The van der Waals surface area contributed by atoms with Crippen LogP contribution in [0.4, 0.5) is 5.69 Å². The van der Waals surface area contributed by atoms with Gasteiger partial charge in [-0.3, -0.25) is 4.79 Å². The summed E-state index contributed by atoms with van der Waals surface area (Å²) in [5, 5.41) is 2.89. The van der Waals surface area contributed by atoms with Crippen molar-refractivity contribution in [1.82, 2.24) is 4.57 Å². The van der Waals surface area contributed by atoms with Crippen molar-refractivity contribution in [2.24, 2.45) is 0 Å². The largest absolute Gasteiger partial charge is 0.324 e. The number of aromatic nitrogens is 1. The van der Waals surface area contributed by atoms with Crippen LogP contribution in [-0.2, 0) is 0 Å². The number of halogens is 1. The third-order valence-electron chi connectivity index (χ3n) is 3.13. The predicted octanol–water partition coefficient (Wildman–Crippen LogP) is 4.33. The topological polar surface area (TPSA) is 34.0 Å². The molecule has 0 aliphatic rings. The van der Waals surface area contributed by atoms with Crippen LogP contribution in [0.3, 0.4) is 0 Å². The van der Waals surface area contributed by atoms with E-state index in [0.29, 0.717) is 5.56 Å². The molecule has 3 rings (SSSR count). The molecule has 0 radical (unpaired) electrons. The van der Waals surface area contributed by atoms with Crippen LogP contribution in [0.5, 0.6) is 0 Å². The highest BCUT2D eigenvalue weighted by Crippen LogP contribution is 2.14. The summed E-state index contributed by atoms with van der Waals surface area (Å²) in [5.41, 5.74) is 2.48. The number of carbonyl (C=O) groups is 1. The highest BCUT2D eigenvalue weighted by molar-refractivity contribution is 14.1. The van der Waals surface area contributed by atoms with E-state index in [9.17, 15) is 4.79 Å². The molecular formula is C17H13IN2O. The normalized spacial score (nSPS) is 10.3. The summed E-state index contributed by atoms with van der Waals surface area (Å²) >= 11 is 2.24. The molecule has 0 unspecified atom stereocenters. The molecule has 0 spiro atoms. The average molecular weight is 388 g/mol. The average Bonchev–Trinajstić information content (AvgIpc) is 3.04. The summed E-state index contributed by atoms with van der Waals surface area (Å²) in [6.07, 6.45) is 3.95. The number of amides is 1. The van der Waals surface area contributed by atoms with Crippen molar-refractivity contribution in [2.45, 2.75) is 0 Å². The number of nitrogens with zero attached hydrogens (tertiary/aromatic N) is 1. The minimum atomic E-state index is -0.102. The molecule has 21 heavy (non-hydrogen) atoms. The van der Waals surface area contributed by atoms with Crippen molar-refractivity contribution in [3.8, 4) is 5.69 Å². The van der Waals surface area contributed by atoms with E-state index in [2.05, 4.69) is 27.9 Å². The Morgan fingerprint density at radius 3 is 2.14 bits per heavy atom. The molecule has 1 amide bonds. The van der Waals surface area contributed by atoms with Crippen LogP contribution in [0.2, 0.25) is 0 Å². The molecule has 3 aromatic rings. The van der Waals surface area contributed by atoms with E-state index in [-0.39, 0.29) is 5.91 Å². The van der Waals surface area contributed by atoms with Crippen molar-refractivity contribution in [3.05, 3.63) is 82.2 Å². The van der Waals surface area contributed by atoms with E-state index in [0.717, 1.165) is 14.9 Å². The van der Waals surface area contributed by atoms with Crippen LogP contribution in [-0.4, -0.2) is 10.5 Å². The number of benzene rings is 2.